The molecule has 38 heavy (non-hydrogen) atoms. The molecule has 2 aliphatic carbocycles. The fourth-order valence-corrected chi connectivity index (χ4v) is 4.80. The average Bonchev–Trinajstić information content (AvgIpc) is 3.44. The molecule has 4 nitrogen and oxygen atoms in total. The van der Waals surface area contributed by atoms with Crippen LogP contribution in [0.1, 0.15) is 22.3 Å². The zero-order valence-corrected chi connectivity index (χ0v) is 18.0. The molecule has 3 aromatic carbocycles. The smallest absolute Gasteiger partial charge is 0.198 e. The number of rotatable bonds is 0. The summed E-state index contributed by atoms with van der Waals surface area (Å²) in [4.78, 5) is 0. The molecule has 0 unspecified atom stereocenters. The topological polar surface area (TPSA) is 95.2 Å². The summed E-state index contributed by atoms with van der Waals surface area (Å²) in [6.07, 6.45) is 0. The summed E-state index contributed by atoms with van der Waals surface area (Å²) < 4.78 is 117. The standard InChI is InChI=1S/C26H2F8N4/c27-19-15-10-2-1-9-11(7(3-35)4-36)16-18(22(30)26(34)24(32)20(16)28)14(9)13(10)12(8(5-37)6-38)17(15)21(29)25(33)23(19)31/h1-2H. The van der Waals surface area contributed by atoms with Crippen LogP contribution < -0.4 is 0 Å². The number of benzene rings is 3. The van der Waals surface area contributed by atoms with Crippen LogP contribution in [0.3, 0.4) is 0 Å². The van der Waals surface area contributed by atoms with Crippen LogP contribution in [0, 0.1) is 91.9 Å². The monoisotopic (exact) mass is 522 g/mol. The Balaban J connectivity index is 2.14. The lowest BCUT2D eigenvalue weighted by Gasteiger charge is -2.12. The summed E-state index contributed by atoms with van der Waals surface area (Å²) in [6, 6.07) is 7.39. The highest BCUT2D eigenvalue weighted by Crippen LogP contribution is 2.58. The highest BCUT2D eigenvalue weighted by molar-refractivity contribution is 6.15. The molecule has 0 amide bonds. The molecule has 0 aliphatic heterocycles. The summed E-state index contributed by atoms with van der Waals surface area (Å²) in [5, 5.41) is 37.8. The Labute approximate surface area is 206 Å². The molecule has 2 aliphatic rings. The van der Waals surface area contributed by atoms with Crippen molar-refractivity contribution in [2.24, 2.45) is 0 Å². The summed E-state index contributed by atoms with van der Waals surface area (Å²) in [5.41, 5.74) is -10.1. The van der Waals surface area contributed by atoms with Gasteiger partial charge in [0.2, 0.25) is 0 Å². The molecule has 0 saturated heterocycles. The van der Waals surface area contributed by atoms with Crippen LogP contribution in [0.2, 0.25) is 0 Å². The minimum Gasteiger partial charge on any atom is -0.203 e. The van der Waals surface area contributed by atoms with Crippen molar-refractivity contribution in [3.63, 3.8) is 0 Å². The van der Waals surface area contributed by atoms with Crippen LogP contribution in [-0.4, -0.2) is 0 Å². The van der Waals surface area contributed by atoms with Gasteiger partial charge in [0.05, 0.1) is 0 Å². The molecular weight excluding hydrogens is 520 g/mol. The fraction of sp³-hybridized carbons (Fsp3) is 0. The van der Waals surface area contributed by atoms with Gasteiger partial charge in [-0.1, -0.05) is 12.1 Å². The van der Waals surface area contributed by atoms with E-state index in [-0.39, 0.29) is 0 Å². The van der Waals surface area contributed by atoms with Gasteiger partial charge in [-0.3, -0.25) is 0 Å². The average molecular weight is 522 g/mol. The van der Waals surface area contributed by atoms with E-state index < -0.39 is 113 Å². The maximum atomic E-state index is 15.3. The van der Waals surface area contributed by atoms with Gasteiger partial charge in [0.15, 0.2) is 46.5 Å². The van der Waals surface area contributed by atoms with Crippen molar-refractivity contribution < 1.29 is 35.1 Å². The third-order valence-corrected chi connectivity index (χ3v) is 6.23. The first kappa shape index (κ1) is 24.2. The summed E-state index contributed by atoms with van der Waals surface area (Å²) >= 11 is 0. The molecule has 0 aromatic heterocycles. The molecule has 0 saturated carbocycles. The molecule has 0 atom stereocenters. The lowest BCUT2D eigenvalue weighted by atomic mass is 9.90. The molecule has 12 heteroatoms. The Morgan fingerprint density at radius 1 is 0.395 bits per heavy atom. The highest BCUT2D eigenvalue weighted by Gasteiger charge is 2.44. The minimum absolute atomic E-state index is 0.443. The van der Waals surface area contributed by atoms with E-state index in [1.54, 1.807) is 0 Å². The van der Waals surface area contributed by atoms with E-state index >= 15 is 13.2 Å². The van der Waals surface area contributed by atoms with Gasteiger partial charge in [0, 0.05) is 44.5 Å². The van der Waals surface area contributed by atoms with Gasteiger partial charge < -0.3 is 0 Å². The first-order chi connectivity index (χ1) is 18.1. The van der Waals surface area contributed by atoms with Crippen LogP contribution in [0.5, 0.6) is 0 Å². The van der Waals surface area contributed by atoms with E-state index in [0.29, 0.717) is 0 Å². The van der Waals surface area contributed by atoms with Gasteiger partial charge in [0.25, 0.3) is 0 Å². The Bertz CT molecular complexity index is 1910. The first-order valence-corrected chi connectivity index (χ1v) is 10.1. The fourth-order valence-electron chi connectivity index (χ4n) is 4.80. The highest BCUT2D eigenvalue weighted by atomic mass is 19.2. The maximum Gasteiger partial charge on any atom is 0.198 e. The van der Waals surface area contributed by atoms with Crippen LogP contribution in [-0.2, 0) is 0 Å². The van der Waals surface area contributed by atoms with E-state index in [0.717, 1.165) is 12.1 Å². The Morgan fingerprint density at radius 2 is 0.763 bits per heavy atom. The van der Waals surface area contributed by atoms with Gasteiger partial charge in [-0.15, -0.1) is 0 Å². The third-order valence-electron chi connectivity index (χ3n) is 6.23. The molecule has 0 radical (unpaired) electrons. The van der Waals surface area contributed by atoms with E-state index in [4.69, 9.17) is 0 Å². The number of hydrogen-bond donors (Lipinski definition) is 0. The quantitative estimate of drug-likeness (QED) is 0.101. The normalized spacial score (nSPS) is 12.0. The zero-order valence-electron chi connectivity index (χ0n) is 18.0. The molecule has 3 aromatic rings. The predicted molar refractivity (Wildman–Crippen MR) is 111 cm³/mol. The van der Waals surface area contributed by atoms with Crippen molar-refractivity contribution in [3.05, 3.63) is 92.1 Å². The minimum atomic E-state index is -2.32. The molecule has 0 heterocycles. The SMILES string of the molecule is N#CC(C#N)=C1c2c(ccc3c2-c2c(F)c(F)c(F)c(F)c2C3=C(C#N)C#N)-c2c(F)c(F)c(F)c(F)c21. The zero-order chi connectivity index (χ0) is 27.8. The van der Waals surface area contributed by atoms with Gasteiger partial charge in [-0.25, -0.2) is 35.1 Å². The number of nitriles is 4. The summed E-state index contributed by atoms with van der Waals surface area (Å²) in [6.45, 7) is 0. The van der Waals surface area contributed by atoms with E-state index in [1.807, 2.05) is 0 Å². The van der Waals surface area contributed by atoms with Crippen LogP contribution >= 0.6 is 0 Å². The van der Waals surface area contributed by atoms with Crippen LogP contribution in [0.25, 0.3) is 33.4 Å². The molecule has 182 valence electrons. The van der Waals surface area contributed by atoms with Crippen molar-refractivity contribution in [3.8, 4) is 46.5 Å². The second kappa shape index (κ2) is 8.03. The third kappa shape index (κ3) is 2.69. The molecule has 0 spiro atoms. The van der Waals surface area contributed by atoms with Crippen LogP contribution in [0.15, 0.2) is 23.3 Å². The van der Waals surface area contributed by atoms with E-state index in [2.05, 4.69) is 0 Å². The second-order valence-electron chi connectivity index (χ2n) is 7.87. The molecule has 5 rings (SSSR count). The molecule has 0 bridgehead atoms. The summed E-state index contributed by atoms with van der Waals surface area (Å²) in [7, 11) is 0. The van der Waals surface area contributed by atoms with Gasteiger partial charge in [0.1, 0.15) is 35.4 Å². The Hall–Kier alpha value is -5.46. The number of fused-ring (bicyclic) bond motifs is 7. The van der Waals surface area contributed by atoms with Crippen molar-refractivity contribution in [1.29, 1.82) is 21.0 Å². The van der Waals surface area contributed by atoms with Crippen LogP contribution in [0.4, 0.5) is 35.1 Å². The maximum absolute atomic E-state index is 15.3. The lowest BCUT2D eigenvalue weighted by Crippen LogP contribution is -2.03. The lowest BCUT2D eigenvalue weighted by molar-refractivity contribution is 0.410. The molecule has 0 N–H and O–H groups in total. The first-order valence-electron chi connectivity index (χ1n) is 10.1. The largest absolute Gasteiger partial charge is 0.203 e. The van der Waals surface area contributed by atoms with Crippen molar-refractivity contribution in [2.45, 2.75) is 0 Å². The molecular formula is C26H2F8N4. The number of halogens is 8. The van der Waals surface area contributed by atoms with Gasteiger partial charge in [-0.05, 0) is 11.1 Å². The van der Waals surface area contributed by atoms with E-state index in [9.17, 15) is 43.0 Å². The Morgan fingerprint density at radius 3 is 1.24 bits per heavy atom. The van der Waals surface area contributed by atoms with Gasteiger partial charge >= 0.3 is 0 Å². The van der Waals surface area contributed by atoms with Gasteiger partial charge in [-0.2, -0.15) is 21.0 Å². The number of hydrogen-bond acceptors (Lipinski definition) is 4. The van der Waals surface area contributed by atoms with Crippen molar-refractivity contribution in [2.75, 3.05) is 0 Å². The van der Waals surface area contributed by atoms with Crippen molar-refractivity contribution in [1.82, 2.24) is 0 Å². The summed E-state index contributed by atoms with van der Waals surface area (Å²) in [5.74, 6) is -17.2. The second-order valence-corrected chi connectivity index (χ2v) is 7.87. The molecule has 0 fully saturated rings. The Kier molecular flexibility index (Phi) is 5.12. The number of nitrogens with zero attached hydrogens (tertiary/aromatic N) is 4. The number of allylic oxidation sites excluding steroid dienone is 2. The van der Waals surface area contributed by atoms with E-state index in [1.165, 1.54) is 24.3 Å². The van der Waals surface area contributed by atoms with Crippen molar-refractivity contribution >= 4 is 11.1 Å². The predicted octanol–water partition coefficient (Wildman–Crippen LogP) is 6.46.